The molecule has 1 amide bonds. The van der Waals surface area contributed by atoms with Crippen molar-refractivity contribution in [1.82, 2.24) is 4.31 Å². The standard InChI is InChI=1S/C15H14ClIN2O3S/c1-19(2)23(21,22)14-9-10(7-8-11(14)16)15(20)18-13-6-4-3-5-12(13)17/h3-9H,1-2H3,(H,18,20). The summed E-state index contributed by atoms with van der Waals surface area (Å²) in [6, 6.07) is 11.5. The molecule has 2 aromatic carbocycles. The quantitative estimate of drug-likeness (QED) is 0.705. The van der Waals surface area contributed by atoms with Gasteiger partial charge in [-0.3, -0.25) is 4.79 Å². The Kier molecular flexibility index (Phi) is 5.66. The number of nitrogens with zero attached hydrogens (tertiary/aromatic N) is 1. The van der Waals surface area contributed by atoms with E-state index >= 15 is 0 Å². The van der Waals surface area contributed by atoms with E-state index < -0.39 is 15.9 Å². The normalized spacial score (nSPS) is 11.5. The van der Waals surface area contributed by atoms with Gasteiger partial charge in [0.25, 0.3) is 5.91 Å². The SMILES string of the molecule is CN(C)S(=O)(=O)c1cc(C(=O)Nc2ccccc2I)ccc1Cl. The van der Waals surface area contributed by atoms with Gasteiger partial charge in [-0.2, -0.15) is 0 Å². The van der Waals surface area contributed by atoms with E-state index in [1.807, 2.05) is 18.2 Å². The van der Waals surface area contributed by atoms with Crippen LogP contribution in [0.15, 0.2) is 47.4 Å². The Labute approximate surface area is 153 Å². The lowest BCUT2D eigenvalue weighted by Gasteiger charge is -2.14. The Balaban J connectivity index is 2.38. The predicted octanol–water partition coefficient (Wildman–Crippen LogP) is 3.45. The van der Waals surface area contributed by atoms with Gasteiger partial charge in [-0.25, -0.2) is 12.7 Å². The number of para-hydroxylation sites is 1. The molecule has 0 aliphatic carbocycles. The first-order valence-corrected chi connectivity index (χ1v) is 9.41. The topological polar surface area (TPSA) is 66.5 Å². The number of benzene rings is 2. The Bertz CT molecular complexity index is 854. The number of anilines is 1. The van der Waals surface area contributed by atoms with Gasteiger partial charge < -0.3 is 5.32 Å². The van der Waals surface area contributed by atoms with Crippen LogP contribution in [0.2, 0.25) is 5.02 Å². The molecule has 0 aliphatic heterocycles. The fourth-order valence-corrected chi connectivity index (χ4v) is 3.71. The third-order valence-electron chi connectivity index (χ3n) is 3.07. The lowest BCUT2D eigenvalue weighted by atomic mass is 10.2. The summed E-state index contributed by atoms with van der Waals surface area (Å²) < 4.78 is 26.4. The minimum Gasteiger partial charge on any atom is -0.321 e. The molecule has 0 bridgehead atoms. The molecule has 23 heavy (non-hydrogen) atoms. The van der Waals surface area contributed by atoms with Gasteiger partial charge in [0.1, 0.15) is 4.90 Å². The van der Waals surface area contributed by atoms with Crippen LogP contribution in [0.1, 0.15) is 10.4 Å². The largest absolute Gasteiger partial charge is 0.321 e. The fraction of sp³-hybridized carbons (Fsp3) is 0.133. The lowest BCUT2D eigenvalue weighted by Crippen LogP contribution is -2.23. The minimum atomic E-state index is -3.72. The molecule has 0 saturated heterocycles. The summed E-state index contributed by atoms with van der Waals surface area (Å²) in [6.07, 6.45) is 0. The lowest BCUT2D eigenvalue weighted by molar-refractivity contribution is 0.102. The first kappa shape index (κ1) is 18.2. The molecular weight excluding hydrogens is 451 g/mol. The van der Waals surface area contributed by atoms with E-state index in [1.165, 1.54) is 32.3 Å². The van der Waals surface area contributed by atoms with Crippen molar-refractivity contribution in [3.05, 3.63) is 56.6 Å². The van der Waals surface area contributed by atoms with E-state index in [2.05, 4.69) is 27.9 Å². The van der Waals surface area contributed by atoms with Crippen molar-refractivity contribution in [2.75, 3.05) is 19.4 Å². The van der Waals surface area contributed by atoms with Crippen LogP contribution in [0, 0.1) is 3.57 Å². The zero-order valence-electron chi connectivity index (χ0n) is 12.4. The fourth-order valence-electron chi connectivity index (χ4n) is 1.80. The van der Waals surface area contributed by atoms with Crippen molar-refractivity contribution in [3.63, 3.8) is 0 Å². The average molecular weight is 465 g/mol. The number of rotatable bonds is 4. The van der Waals surface area contributed by atoms with E-state index in [-0.39, 0.29) is 15.5 Å². The Morgan fingerprint density at radius 1 is 1.17 bits per heavy atom. The van der Waals surface area contributed by atoms with E-state index in [9.17, 15) is 13.2 Å². The molecule has 0 aliphatic rings. The van der Waals surface area contributed by atoms with Gasteiger partial charge in [-0.05, 0) is 52.9 Å². The molecule has 0 spiro atoms. The number of hydrogen-bond acceptors (Lipinski definition) is 3. The highest BCUT2D eigenvalue weighted by molar-refractivity contribution is 14.1. The zero-order chi connectivity index (χ0) is 17.2. The highest BCUT2D eigenvalue weighted by Gasteiger charge is 2.22. The van der Waals surface area contributed by atoms with Crippen LogP contribution in [-0.2, 0) is 10.0 Å². The summed E-state index contributed by atoms with van der Waals surface area (Å²) in [5, 5.41) is 2.83. The summed E-state index contributed by atoms with van der Waals surface area (Å²) in [6.45, 7) is 0. The molecule has 0 fully saturated rings. The monoisotopic (exact) mass is 464 g/mol. The number of carbonyl (C=O) groups is 1. The second-order valence-electron chi connectivity index (χ2n) is 4.87. The molecule has 0 atom stereocenters. The smallest absolute Gasteiger partial charge is 0.255 e. The number of sulfonamides is 1. The molecule has 0 saturated carbocycles. The third kappa shape index (κ3) is 4.03. The van der Waals surface area contributed by atoms with Crippen LogP contribution in [0.4, 0.5) is 5.69 Å². The maximum Gasteiger partial charge on any atom is 0.255 e. The molecule has 8 heteroatoms. The Morgan fingerprint density at radius 2 is 1.83 bits per heavy atom. The number of halogens is 2. The Hall–Kier alpha value is -1.16. The van der Waals surface area contributed by atoms with Crippen LogP contribution in [0.25, 0.3) is 0 Å². The van der Waals surface area contributed by atoms with E-state index in [4.69, 9.17) is 11.6 Å². The van der Waals surface area contributed by atoms with Gasteiger partial charge in [0, 0.05) is 23.2 Å². The van der Waals surface area contributed by atoms with Crippen molar-refractivity contribution < 1.29 is 13.2 Å². The molecule has 0 unspecified atom stereocenters. The number of nitrogens with one attached hydrogen (secondary N) is 1. The zero-order valence-corrected chi connectivity index (χ0v) is 16.1. The first-order valence-electron chi connectivity index (χ1n) is 6.51. The van der Waals surface area contributed by atoms with Crippen molar-refractivity contribution in [3.8, 4) is 0 Å². The van der Waals surface area contributed by atoms with Gasteiger partial charge in [-0.15, -0.1) is 0 Å². The van der Waals surface area contributed by atoms with Crippen molar-refractivity contribution >= 4 is 55.8 Å². The van der Waals surface area contributed by atoms with E-state index in [0.29, 0.717) is 5.69 Å². The second kappa shape index (κ2) is 7.16. The maximum atomic E-state index is 12.4. The van der Waals surface area contributed by atoms with Crippen LogP contribution in [-0.4, -0.2) is 32.7 Å². The molecule has 2 rings (SSSR count). The average Bonchev–Trinajstić information content (AvgIpc) is 2.49. The number of amides is 1. The summed E-state index contributed by atoms with van der Waals surface area (Å²) in [4.78, 5) is 12.3. The highest BCUT2D eigenvalue weighted by atomic mass is 127. The molecule has 0 radical (unpaired) electrons. The number of carbonyl (C=O) groups excluding carboxylic acids is 1. The highest BCUT2D eigenvalue weighted by Crippen LogP contribution is 2.25. The summed E-state index contributed by atoms with van der Waals surface area (Å²) in [7, 11) is -0.910. The molecule has 5 nitrogen and oxygen atoms in total. The van der Waals surface area contributed by atoms with Crippen LogP contribution >= 0.6 is 34.2 Å². The first-order chi connectivity index (χ1) is 10.7. The molecule has 1 N–H and O–H groups in total. The number of hydrogen-bond donors (Lipinski definition) is 1. The molecule has 2 aromatic rings. The maximum absolute atomic E-state index is 12.4. The van der Waals surface area contributed by atoms with Gasteiger partial charge >= 0.3 is 0 Å². The third-order valence-corrected chi connectivity index (χ3v) is 6.31. The van der Waals surface area contributed by atoms with Crippen LogP contribution in [0.5, 0.6) is 0 Å². The van der Waals surface area contributed by atoms with Gasteiger partial charge in [0.2, 0.25) is 10.0 Å². The van der Waals surface area contributed by atoms with Gasteiger partial charge in [0.15, 0.2) is 0 Å². The molecule has 0 heterocycles. The van der Waals surface area contributed by atoms with Crippen molar-refractivity contribution in [2.45, 2.75) is 4.90 Å². The minimum absolute atomic E-state index is 0.0736. The van der Waals surface area contributed by atoms with Crippen LogP contribution < -0.4 is 5.32 Å². The predicted molar refractivity (Wildman–Crippen MR) is 99.4 cm³/mol. The van der Waals surface area contributed by atoms with Crippen LogP contribution in [0.3, 0.4) is 0 Å². The summed E-state index contributed by atoms with van der Waals surface area (Å²) in [5.74, 6) is -0.402. The molecular formula is C15H14ClIN2O3S. The van der Waals surface area contributed by atoms with Crippen molar-refractivity contribution in [1.29, 1.82) is 0 Å². The summed E-state index contributed by atoms with van der Waals surface area (Å²) in [5.41, 5.74) is 0.875. The second-order valence-corrected chi connectivity index (χ2v) is 8.56. The van der Waals surface area contributed by atoms with E-state index in [0.717, 1.165) is 7.88 Å². The molecule has 122 valence electrons. The summed E-state index contributed by atoms with van der Waals surface area (Å²) >= 11 is 8.08. The van der Waals surface area contributed by atoms with Gasteiger partial charge in [0.05, 0.1) is 10.7 Å². The molecule has 0 aromatic heterocycles. The van der Waals surface area contributed by atoms with E-state index in [1.54, 1.807) is 6.07 Å². The van der Waals surface area contributed by atoms with Gasteiger partial charge in [-0.1, -0.05) is 23.7 Å². The Morgan fingerprint density at radius 3 is 2.43 bits per heavy atom. The van der Waals surface area contributed by atoms with Crippen molar-refractivity contribution in [2.24, 2.45) is 0 Å².